The number of ether oxygens (including phenoxy) is 4. The lowest BCUT2D eigenvalue weighted by molar-refractivity contribution is -0.111. The number of phenols is 1. The zero-order chi connectivity index (χ0) is 25.4. The van der Waals surface area contributed by atoms with E-state index in [1.165, 1.54) is 26.4 Å². The number of anilines is 1. The summed E-state index contributed by atoms with van der Waals surface area (Å²) in [6.07, 6.45) is 6.64. The highest BCUT2D eigenvalue weighted by atomic mass is 35.5. The third-order valence-corrected chi connectivity index (χ3v) is 5.31. The lowest BCUT2D eigenvalue weighted by Gasteiger charge is -2.14. The fraction of sp³-hybridized carbons (Fsp3) is 0.148. The molecule has 1 amide bonds. The molecular formula is C27H26ClNO6. The first-order chi connectivity index (χ1) is 16.9. The van der Waals surface area contributed by atoms with Crippen LogP contribution in [-0.2, 0) is 4.79 Å². The van der Waals surface area contributed by atoms with Gasteiger partial charge in [0.2, 0.25) is 11.7 Å². The molecular weight excluding hydrogens is 470 g/mol. The summed E-state index contributed by atoms with van der Waals surface area (Å²) >= 11 is 5.90. The molecule has 0 atom stereocenters. The summed E-state index contributed by atoms with van der Waals surface area (Å²) in [6.45, 7) is 0. The molecule has 8 heteroatoms. The van der Waals surface area contributed by atoms with Crippen molar-refractivity contribution in [1.29, 1.82) is 0 Å². The zero-order valence-corrected chi connectivity index (χ0v) is 20.6. The van der Waals surface area contributed by atoms with Crippen molar-refractivity contribution in [2.45, 2.75) is 0 Å². The summed E-state index contributed by atoms with van der Waals surface area (Å²) in [5.41, 5.74) is 2.52. The van der Waals surface area contributed by atoms with Gasteiger partial charge in [-0.2, -0.15) is 0 Å². The molecule has 0 aliphatic carbocycles. The molecule has 0 aliphatic heterocycles. The second-order valence-corrected chi connectivity index (χ2v) is 7.68. The van der Waals surface area contributed by atoms with Crippen molar-refractivity contribution in [3.8, 4) is 28.7 Å². The molecule has 7 nitrogen and oxygen atoms in total. The van der Waals surface area contributed by atoms with Gasteiger partial charge in [0, 0.05) is 16.7 Å². The molecule has 3 aromatic carbocycles. The van der Waals surface area contributed by atoms with Crippen LogP contribution >= 0.6 is 11.6 Å². The first-order valence-electron chi connectivity index (χ1n) is 10.5. The number of aromatic hydroxyl groups is 1. The Bertz CT molecular complexity index is 1230. The Morgan fingerprint density at radius 2 is 1.43 bits per heavy atom. The van der Waals surface area contributed by atoms with Crippen molar-refractivity contribution in [2.24, 2.45) is 0 Å². The molecule has 35 heavy (non-hydrogen) atoms. The van der Waals surface area contributed by atoms with Gasteiger partial charge in [-0.05, 0) is 53.6 Å². The monoisotopic (exact) mass is 495 g/mol. The summed E-state index contributed by atoms with van der Waals surface area (Å²) in [5, 5.41) is 13.7. The highest BCUT2D eigenvalue weighted by Crippen LogP contribution is 2.40. The maximum atomic E-state index is 12.7. The zero-order valence-electron chi connectivity index (χ0n) is 19.8. The van der Waals surface area contributed by atoms with Crippen molar-refractivity contribution in [3.05, 3.63) is 76.3 Å². The number of rotatable bonds is 9. The van der Waals surface area contributed by atoms with E-state index in [-0.39, 0.29) is 11.5 Å². The van der Waals surface area contributed by atoms with Gasteiger partial charge >= 0.3 is 0 Å². The summed E-state index contributed by atoms with van der Waals surface area (Å²) in [5.74, 6) is 1.15. The highest BCUT2D eigenvalue weighted by Gasteiger charge is 2.15. The standard InChI is InChI=1S/C27H26ClNO6/c1-32-22-15-18(16-23(33-2)27(22)35-4)5-9-19-10-13-21(30)26(34-3)25(19)29-24(31)14-8-17-6-11-20(28)12-7-17/h5-16,30H,1-4H3,(H,29,31)/b9-5+,14-8+. The first-order valence-corrected chi connectivity index (χ1v) is 10.9. The molecule has 182 valence electrons. The molecule has 2 N–H and O–H groups in total. The van der Waals surface area contributed by atoms with Crippen molar-refractivity contribution >= 4 is 41.4 Å². The summed E-state index contributed by atoms with van der Waals surface area (Å²) < 4.78 is 21.5. The Kier molecular flexibility index (Phi) is 8.64. The fourth-order valence-electron chi connectivity index (χ4n) is 3.36. The van der Waals surface area contributed by atoms with Gasteiger partial charge in [0.05, 0.1) is 34.1 Å². The Morgan fingerprint density at radius 1 is 0.800 bits per heavy atom. The Labute approximate surface area is 209 Å². The van der Waals surface area contributed by atoms with E-state index in [1.54, 1.807) is 68.8 Å². The van der Waals surface area contributed by atoms with Gasteiger partial charge < -0.3 is 29.4 Å². The molecule has 0 unspecified atom stereocenters. The van der Waals surface area contributed by atoms with E-state index in [9.17, 15) is 9.90 Å². The van der Waals surface area contributed by atoms with Crippen molar-refractivity contribution in [1.82, 2.24) is 0 Å². The molecule has 3 aromatic rings. The number of hydrogen-bond acceptors (Lipinski definition) is 6. The average Bonchev–Trinajstić information content (AvgIpc) is 2.87. The average molecular weight is 496 g/mol. The van der Waals surface area contributed by atoms with Crippen LogP contribution in [0.25, 0.3) is 18.2 Å². The SMILES string of the molecule is COc1cc(/C=C/c2ccc(O)c(OC)c2NC(=O)/C=C/c2ccc(Cl)cc2)cc(OC)c1OC. The smallest absolute Gasteiger partial charge is 0.248 e. The minimum absolute atomic E-state index is 0.102. The predicted octanol–water partition coefficient (Wildman–Crippen LogP) is 5.90. The Morgan fingerprint density at radius 3 is 2.00 bits per heavy atom. The molecule has 0 radical (unpaired) electrons. The highest BCUT2D eigenvalue weighted by molar-refractivity contribution is 6.30. The number of hydrogen-bond donors (Lipinski definition) is 2. The molecule has 0 spiro atoms. The van der Waals surface area contributed by atoms with E-state index in [4.69, 9.17) is 30.5 Å². The van der Waals surface area contributed by atoms with Crippen LogP contribution in [0.15, 0.2) is 54.6 Å². The topological polar surface area (TPSA) is 86.2 Å². The molecule has 0 saturated carbocycles. The normalized spacial score (nSPS) is 11.0. The quantitative estimate of drug-likeness (QED) is 0.284. The minimum Gasteiger partial charge on any atom is -0.504 e. The molecule has 0 saturated heterocycles. The number of carbonyl (C=O) groups is 1. The van der Waals surface area contributed by atoms with Crippen LogP contribution in [0, 0.1) is 0 Å². The largest absolute Gasteiger partial charge is 0.504 e. The van der Waals surface area contributed by atoms with Crippen molar-refractivity contribution in [3.63, 3.8) is 0 Å². The van der Waals surface area contributed by atoms with Gasteiger partial charge in [-0.25, -0.2) is 0 Å². The molecule has 3 rings (SSSR count). The second kappa shape index (κ2) is 11.9. The Hall–Kier alpha value is -4.10. The predicted molar refractivity (Wildman–Crippen MR) is 139 cm³/mol. The summed E-state index contributed by atoms with van der Waals surface area (Å²) in [4.78, 5) is 12.7. The van der Waals surface area contributed by atoms with Crippen LogP contribution in [0.5, 0.6) is 28.7 Å². The van der Waals surface area contributed by atoms with Crippen LogP contribution in [0.2, 0.25) is 5.02 Å². The van der Waals surface area contributed by atoms with Crippen LogP contribution in [0.3, 0.4) is 0 Å². The second-order valence-electron chi connectivity index (χ2n) is 7.25. The van der Waals surface area contributed by atoms with E-state index in [0.29, 0.717) is 33.5 Å². The number of amides is 1. The van der Waals surface area contributed by atoms with Gasteiger partial charge in [-0.3, -0.25) is 4.79 Å². The third-order valence-electron chi connectivity index (χ3n) is 5.06. The van der Waals surface area contributed by atoms with Crippen LogP contribution in [0.1, 0.15) is 16.7 Å². The minimum atomic E-state index is -0.397. The van der Waals surface area contributed by atoms with Crippen LogP contribution in [0.4, 0.5) is 5.69 Å². The number of benzene rings is 3. The summed E-state index contributed by atoms with van der Waals surface area (Å²) in [7, 11) is 6.04. The molecule has 0 fully saturated rings. The summed E-state index contributed by atoms with van der Waals surface area (Å²) in [6, 6.07) is 13.8. The van der Waals surface area contributed by atoms with Gasteiger partial charge in [0.25, 0.3) is 0 Å². The van der Waals surface area contributed by atoms with Crippen molar-refractivity contribution < 1.29 is 28.8 Å². The number of carbonyl (C=O) groups excluding carboxylic acids is 1. The number of phenolic OH excluding ortho intramolecular Hbond substituents is 1. The van der Waals surface area contributed by atoms with E-state index in [2.05, 4.69) is 5.32 Å². The number of halogens is 1. The number of methoxy groups -OCH3 is 4. The van der Waals surface area contributed by atoms with Gasteiger partial charge in [-0.1, -0.05) is 35.9 Å². The molecule has 0 aromatic heterocycles. The van der Waals surface area contributed by atoms with Crippen LogP contribution < -0.4 is 24.3 Å². The first kappa shape index (κ1) is 25.5. The van der Waals surface area contributed by atoms with E-state index in [0.717, 1.165) is 11.1 Å². The maximum Gasteiger partial charge on any atom is 0.248 e. The van der Waals surface area contributed by atoms with Crippen molar-refractivity contribution in [2.75, 3.05) is 33.8 Å². The van der Waals surface area contributed by atoms with E-state index >= 15 is 0 Å². The lowest BCUT2D eigenvalue weighted by Crippen LogP contribution is -2.10. The molecule has 0 bridgehead atoms. The Balaban J connectivity index is 1.93. The molecule has 0 heterocycles. The molecule has 0 aliphatic rings. The lowest BCUT2D eigenvalue weighted by atomic mass is 10.1. The third kappa shape index (κ3) is 6.28. The number of nitrogens with one attached hydrogen (secondary N) is 1. The fourth-order valence-corrected chi connectivity index (χ4v) is 3.48. The van der Waals surface area contributed by atoms with Gasteiger partial charge in [-0.15, -0.1) is 0 Å². The van der Waals surface area contributed by atoms with E-state index < -0.39 is 5.91 Å². The maximum absolute atomic E-state index is 12.7. The van der Waals surface area contributed by atoms with Gasteiger partial charge in [0.1, 0.15) is 0 Å². The van der Waals surface area contributed by atoms with Gasteiger partial charge in [0.15, 0.2) is 23.0 Å². The van der Waals surface area contributed by atoms with E-state index in [1.807, 2.05) is 6.08 Å². The van der Waals surface area contributed by atoms with Crippen LogP contribution in [-0.4, -0.2) is 39.5 Å².